The van der Waals surface area contributed by atoms with Crippen LogP contribution in [0.3, 0.4) is 0 Å². The molecule has 2 aliphatic rings. The van der Waals surface area contributed by atoms with E-state index in [2.05, 4.69) is 300 Å². The average Bonchev–Trinajstić information content (AvgIpc) is 4.03. The zero-order valence-electron chi connectivity index (χ0n) is 41.3. The van der Waals surface area contributed by atoms with Gasteiger partial charge in [0, 0.05) is 55.8 Å². The zero-order chi connectivity index (χ0) is 49.7. The van der Waals surface area contributed by atoms with Crippen LogP contribution in [0.1, 0.15) is 12.0 Å². The smallest absolute Gasteiger partial charge is 0.0632 e. The van der Waals surface area contributed by atoms with Crippen molar-refractivity contribution in [1.29, 1.82) is 0 Å². The molecular formula is C72H51N3. The molecule has 0 spiro atoms. The summed E-state index contributed by atoms with van der Waals surface area (Å²) in [5.74, 6) is 0. The minimum absolute atomic E-state index is 0.327. The monoisotopic (exact) mass is 957 g/mol. The Morgan fingerprint density at radius 1 is 0.347 bits per heavy atom. The summed E-state index contributed by atoms with van der Waals surface area (Å²) in [7, 11) is 0. The first kappa shape index (κ1) is 44.0. The Balaban J connectivity index is 0.667. The predicted octanol–water partition coefficient (Wildman–Crippen LogP) is 19.7. The third kappa shape index (κ3) is 8.21. The van der Waals surface area contributed by atoms with Crippen LogP contribution >= 0.6 is 0 Å². The van der Waals surface area contributed by atoms with Gasteiger partial charge >= 0.3 is 0 Å². The summed E-state index contributed by atoms with van der Waals surface area (Å²) in [6.07, 6.45) is 7.81. The van der Waals surface area contributed by atoms with Gasteiger partial charge in [-0.05, 0) is 164 Å². The van der Waals surface area contributed by atoms with Gasteiger partial charge in [0.15, 0.2) is 0 Å². The third-order valence-corrected chi connectivity index (χ3v) is 15.3. The fourth-order valence-electron chi connectivity index (χ4n) is 11.4. The fourth-order valence-corrected chi connectivity index (χ4v) is 11.4. The average molecular weight is 958 g/mol. The molecule has 1 N–H and O–H groups in total. The van der Waals surface area contributed by atoms with Gasteiger partial charge < -0.3 is 14.8 Å². The highest BCUT2D eigenvalue weighted by Crippen LogP contribution is 2.49. The molecule has 2 heterocycles. The molecule has 75 heavy (non-hydrogen) atoms. The summed E-state index contributed by atoms with van der Waals surface area (Å²) < 4.78 is 0. The van der Waals surface area contributed by atoms with Crippen LogP contribution in [0.25, 0.3) is 94.1 Å². The number of hydrogen-bond acceptors (Lipinski definition) is 2. The molecule has 11 aromatic carbocycles. The highest BCUT2D eigenvalue weighted by molar-refractivity contribution is 6.10. The molecule has 0 saturated heterocycles. The fraction of sp³-hybridized carbons (Fsp3) is 0.0278. The van der Waals surface area contributed by atoms with Crippen molar-refractivity contribution in [3.05, 3.63) is 291 Å². The van der Waals surface area contributed by atoms with Crippen LogP contribution in [0.2, 0.25) is 0 Å². The quantitative estimate of drug-likeness (QED) is 0.148. The largest absolute Gasteiger partial charge is 0.355 e. The van der Waals surface area contributed by atoms with Crippen molar-refractivity contribution in [3.63, 3.8) is 0 Å². The lowest BCUT2D eigenvalue weighted by Gasteiger charge is -2.28. The molecule has 1 aromatic heterocycles. The first-order chi connectivity index (χ1) is 37.1. The van der Waals surface area contributed by atoms with Crippen LogP contribution in [0.4, 0.5) is 28.4 Å². The molecule has 14 rings (SSSR count). The molecule has 0 radical (unpaired) electrons. The van der Waals surface area contributed by atoms with E-state index in [4.69, 9.17) is 0 Å². The normalized spacial score (nSPS) is 13.7. The first-order valence-corrected chi connectivity index (χ1v) is 26.0. The zero-order valence-corrected chi connectivity index (χ0v) is 41.3. The summed E-state index contributed by atoms with van der Waals surface area (Å²) in [5, 5.41) is 2.46. The lowest BCUT2D eigenvalue weighted by atomic mass is 9.93. The number of rotatable bonds is 10. The Morgan fingerprint density at radius 3 is 1.16 bits per heavy atom. The van der Waals surface area contributed by atoms with Crippen molar-refractivity contribution in [1.82, 2.24) is 4.98 Å². The molecule has 1 atom stereocenters. The maximum Gasteiger partial charge on any atom is 0.0632 e. The van der Waals surface area contributed by atoms with Gasteiger partial charge in [-0.3, -0.25) is 0 Å². The number of fused-ring (bicyclic) bond motifs is 6. The molecule has 0 saturated carbocycles. The number of benzene rings is 11. The van der Waals surface area contributed by atoms with Crippen molar-refractivity contribution >= 4 is 55.8 Å². The minimum atomic E-state index is 0.327. The van der Waals surface area contributed by atoms with Gasteiger partial charge in [0.2, 0.25) is 0 Å². The maximum absolute atomic E-state index is 3.67. The Hall–Kier alpha value is -9.70. The molecule has 0 fully saturated rings. The second kappa shape index (κ2) is 18.7. The summed E-state index contributed by atoms with van der Waals surface area (Å²) in [4.78, 5) is 8.47. The Kier molecular flexibility index (Phi) is 11.0. The first-order valence-electron chi connectivity index (χ1n) is 26.0. The van der Waals surface area contributed by atoms with Gasteiger partial charge in [0.05, 0.1) is 6.04 Å². The van der Waals surface area contributed by atoms with E-state index in [0.717, 1.165) is 34.5 Å². The molecule has 3 heteroatoms. The second-order valence-electron chi connectivity index (χ2n) is 19.7. The Labute approximate surface area is 438 Å². The van der Waals surface area contributed by atoms with Crippen molar-refractivity contribution in [2.24, 2.45) is 0 Å². The van der Waals surface area contributed by atoms with Crippen LogP contribution in [0, 0.1) is 0 Å². The van der Waals surface area contributed by atoms with Gasteiger partial charge in [0.1, 0.15) is 0 Å². The van der Waals surface area contributed by atoms with E-state index in [9.17, 15) is 0 Å². The number of aromatic nitrogens is 1. The molecule has 1 unspecified atom stereocenters. The van der Waals surface area contributed by atoms with Crippen LogP contribution in [-0.4, -0.2) is 11.0 Å². The minimum Gasteiger partial charge on any atom is -0.355 e. The van der Waals surface area contributed by atoms with Crippen LogP contribution in [-0.2, 0) is 0 Å². The van der Waals surface area contributed by atoms with E-state index in [1.807, 2.05) is 0 Å². The number of anilines is 5. The van der Waals surface area contributed by atoms with Crippen molar-refractivity contribution < 1.29 is 0 Å². The van der Waals surface area contributed by atoms with Crippen molar-refractivity contribution in [2.45, 2.75) is 12.5 Å². The van der Waals surface area contributed by atoms with Crippen molar-refractivity contribution in [3.8, 4) is 66.8 Å². The predicted molar refractivity (Wildman–Crippen MR) is 317 cm³/mol. The van der Waals surface area contributed by atoms with Gasteiger partial charge in [-0.2, -0.15) is 0 Å². The van der Waals surface area contributed by atoms with E-state index >= 15 is 0 Å². The van der Waals surface area contributed by atoms with E-state index in [1.54, 1.807) is 0 Å². The summed E-state index contributed by atoms with van der Waals surface area (Å²) in [5.41, 5.74) is 25.4. The second-order valence-corrected chi connectivity index (χ2v) is 19.7. The standard InChI is InChI=1S/C72H51N3/c1-4-12-61(13-5-1)74(62-14-6-2-7-15-62)64-41-36-54(37-42-64)53-22-20-49(21-23-53)50-24-30-55(31-25-50)58-38-43-69-66(46-58)67-47-59(39-44-70(67)73-69)56-32-26-51(27-33-56)52-28-34-57(35-29-52)60-40-45-72-68(48-60)65-18-10-11-19-71(65)75(72)63-16-8-3-9-17-63/h1-18,20-48,71,73H,19H2. The number of aromatic amines is 1. The van der Waals surface area contributed by atoms with Crippen LogP contribution < -0.4 is 9.80 Å². The SMILES string of the molecule is C1=CCC2C(=C1)c1cc(-c3ccc(-c4ccc(-c5ccc6[nH]c7ccc(-c8ccc(-c9ccc(-c%10ccc(N(c%11ccccc%11)c%11ccccc%11)cc%10)cc9)cc8)cc7c6c5)cc4)cc3)ccc1N2c1ccccc1. The Bertz CT molecular complexity index is 4040. The number of nitrogens with zero attached hydrogens (tertiary/aromatic N) is 2. The molecule has 354 valence electrons. The summed E-state index contributed by atoms with van der Waals surface area (Å²) in [6.45, 7) is 0. The lowest BCUT2D eigenvalue weighted by Crippen LogP contribution is -2.26. The lowest BCUT2D eigenvalue weighted by molar-refractivity contribution is 0.829. The highest BCUT2D eigenvalue weighted by atomic mass is 15.2. The van der Waals surface area contributed by atoms with E-state index in [-0.39, 0.29) is 0 Å². The number of H-pyrrole nitrogens is 1. The molecule has 0 amide bonds. The molecule has 1 aliphatic heterocycles. The van der Waals surface area contributed by atoms with Gasteiger partial charge in [-0.25, -0.2) is 0 Å². The van der Waals surface area contributed by atoms with E-state index in [1.165, 1.54) is 100 Å². The van der Waals surface area contributed by atoms with Gasteiger partial charge in [0.25, 0.3) is 0 Å². The molecule has 12 aromatic rings. The summed E-state index contributed by atoms with van der Waals surface area (Å²) in [6, 6.07) is 97.6. The van der Waals surface area contributed by atoms with E-state index < -0.39 is 0 Å². The van der Waals surface area contributed by atoms with E-state index in [0.29, 0.717) is 6.04 Å². The molecule has 1 aliphatic carbocycles. The maximum atomic E-state index is 3.67. The third-order valence-electron chi connectivity index (χ3n) is 15.3. The van der Waals surface area contributed by atoms with Crippen molar-refractivity contribution in [2.75, 3.05) is 9.80 Å². The molecular weight excluding hydrogens is 907 g/mol. The van der Waals surface area contributed by atoms with Gasteiger partial charge in [-0.1, -0.05) is 200 Å². The summed E-state index contributed by atoms with van der Waals surface area (Å²) >= 11 is 0. The molecule has 3 nitrogen and oxygen atoms in total. The van der Waals surface area contributed by atoms with Gasteiger partial charge in [-0.15, -0.1) is 0 Å². The Morgan fingerprint density at radius 2 is 0.707 bits per heavy atom. The number of hydrogen-bond donors (Lipinski definition) is 1. The highest BCUT2D eigenvalue weighted by Gasteiger charge is 2.35. The number of para-hydroxylation sites is 3. The topological polar surface area (TPSA) is 22.3 Å². The number of allylic oxidation sites excluding steroid dienone is 2. The number of nitrogens with one attached hydrogen (secondary N) is 1. The van der Waals surface area contributed by atoms with Crippen LogP contribution in [0.5, 0.6) is 0 Å². The van der Waals surface area contributed by atoms with Crippen LogP contribution in [0.15, 0.2) is 285 Å². The molecule has 0 bridgehead atoms.